The molecule has 0 saturated carbocycles. The number of aromatic nitrogens is 3. The number of halogens is 6. The third kappa shape index (κ3) is 4.39. The lowest BCUT2D eigenvalue weighted by Gasteiger charge is -2.30. The number of nitrogens with zero attached hydrogens (tertiary/aromatic N) is 5. The fraction of sp³-hybridized carbons (Fsp3) is 0.385. The summed E-state index contributed by atoms with van der Waals surface area (Å²) in [6.45, 7) is 0.152. The molecule has 14 heteroatoms. The van der Waals surface area contributed by atoms with E-state index in [1.807, 2.05) is 0 Å². The van der Waals surface area contributed by atoms with Crippen molar-refractivity contribution in [1.82, 2.24) is 19.7 Å². The van der Waals surface area contributed by atoms with E-state index in [0.717, 1.165) is 34.0 Å². The molecule has 1 saturated heterocycles. The Labute approximate surface area is 223 Å². The van der Waals surface area contributed by atoms with Crippen molar-refractivity contribution < 1.29 is 41.0 Å². The van der Waals surface area contributed by atoms with E-state index in [0.29, 0.717) is 13.0 Å². The quantitative estimate of drug-likeness (QED) is 0.468. The summed E-state index contributed by atoms with van der Waals surface area (Å²) in [7, 11) is 1.22. The Hall–Kier alpha value is -3.94. The first-order valence-electron chi connectivity index (χ1n) is 12.2. The van der Waals surface area contributed by atoms with E-state index in [2.05, 4.69) is 10.2 Å². The first kappa shape index (κ1) is 27.6. The number of carbonyl (C=O) groups excluding carboxylic acids is 2. The highest BCUT2D eigenvalue weighted by molar-refractivity contribution is 6.11. The highest BCUT2D eigenvalue weighted by Crippen LogP contribution is 2.48. The highest BCUT2D eigenvalue weighted by Gasteiger charge is 2.57. The molecule has 40 heavy (non-hydrogen) atoms. The molecule has 0 aliphatic carbocycles. The highest BCUT2D eigenvalue weighted by atomic mass is 19.4. The molecule has 5 rings (SSSR count). The number of likely N-dealkylation sites (tertiary alicyclic amines) is 1. The van der Waals surface area contributed by atoms with Crippen molar-refractivity contribution in [3.05, 3.63) is 76.4 Å². The lowest BCUT2D eigenvalue weighted by molar-refractivity contribution is -0.149. The number of amides is 2. The summed E-state index contributed by atoms with van der Waals surface area (Å²) in [5.41, 5.74) is -6.32. The fourth-order valence-corrected chi connectivity index (χ4v) is 5.03. The van der Waals surface area contributed by atoms with Gasteiger partial charge in [-0.05, 0) is 48.7 Å². The minimum atomic E-state index is -4.92. The van der Waals surface area contributed by atoms with Crippen LogP contribution in [0.1, 0.15) is 56.6 Å². The molecule has 0 spiro atoms. The lowest BCUT2D eigenvalue weighted by Crippen LogP contribution is -2.39. The van der Waals surface area contributed by atoms with Crippen molar-refractivity contribution in [2.75, 3.05) is 18.0 Å². The molecule has 1 aromatic heterocycles. The van der Waals surface area contributed by atoms with Crippen LogP contribution in [0.4, 0.5) is 32.0 Å². The lowest BCUT2D eigenvalue weighted by atomic mass is 9.90. The first-order valence-corrected chi connectivity index (χ1v) is 12.2. The molecule has 2 amide bonds. The monoisotopic (exact) mass is 567 g/mol. The van der Waals surface area contributed by atoms with Crippen molar-refractivity contribution >= 4 is 17.5 Å². The van der Waals surface area contributed by atoms with Crippen LogP contribution in [0.2, 0.25) is 0 Å². The minimum absolute atomic E-state index is 0.0505. The Kier molecular flexibility index (Phi) is 6.44. The molecule has 2 atom stereocenters. The third-order valence-corrected chi connectivity index (χ3v) is 7.33. The van der Waals surface area contributed by atoms with E-state index >= 15 is 13.2 Å². The Morgan fingerprint density at radius 1 is 1.10 bits per heavy atom. The molecule has 0 bridgehead atoms. The van der Waals surface area contributed by atoms with Gasteiger partial charge in [0.2, 0.25) is 11.5 Å². The molecular weight excluding hydrogens is 544 g/mol. The summed E-state index contributed by atoms with van der Waals surface area (Å²) >= 11 is 0. The van der Waals surface area contributed by atoms with Gasteiger partial charge in [0, 0.05) is 37.0 Å². The minimum Gasteiger partial charge on any atom is -0.391 e. The maximum atomic E-state index is 15.8. The van der Waals surface area contributed by atoms with Crippen LogP contribution in [0.3, 0.4) is 0 Å². The number of benzene rings is 2. The number of β-amino-alcohol motifs (C(OH)–C–C–N with tert-alkyl or cyclic N) is 1. The second kappa shape index (κ2) is 9.32. The van der Waals surface area contributed by atoms with Crippen LogP contribution >= 0.6 is 0 Å². The average Bonchev–Trinajstić information content (AvgIpc) is 3.61. The summed E-state index contributed by atoms with van der Waals surface area (Å²) in [4.78, 5) is 28.4. The molecule has 3 aromatic rings. The predicted molar refractivity (Wildman–Crippen MR) is 128 cm³/mol. The van der Waals surface area contributed by atoms with Crippen LogP contribution in [-0.2, 0) is 31.4 Å². The Bertz CT molecular complexity index is 1500. The van der Waals surface area contributed by atoms with E-state index in [4.69, 9.17) is 0 Å². The molecule has 2 aromatic carbocycles. The number of fused-ring (bicyclic) bond motifs is 1. The number of aliphatic hydroxyl groups is 1. The molecule has 1 fully saturated rings. The number of rotatable bonds is 5. The SMILES string of the molecule is Cn1cnnc1C(F)(F)[C@](C)(F)c1cccc(N2Cc3c(cc(C(=O)N4CC[C@H](O)C4)cc3C(F)(F)F)C2=O)c1. The van der Waals surface area contributed by atoms with Gasteiger partial charge in [0.25, 0.3) is 11.8 Å². The zero-order chi connectivity index (χ0) is 29.2. The number of aliphatic hydroxyl groups excluding tert-OH is 1. The second-order valence-electron chi connectivity index (χ2n) is 10.0. The Morgan fingerprint density at radius 3 is 2.42 bits per heavy atom. The van der Waals surface area contributed by atoms with Gasteiger partial charge >= 0.3 is 12.1 Å². The van der Waals surface area contributed by atoms with Crippen LogP contribution in [-0.4, -0.2) is 55.8 Å². The number of anilines is 1. The fourth-order valence-electron chi connectivity index (χ4n) is 5.03. The normalized spacial score (nSPS) is 19.2. The molecule has 8 nitrogen and oxygen atoms in total. The van der Waals surface area contributed by atoms with Crippen molar-refractivity contribution in [3.63, 3.8) is 0 Å². The topological polar surface area (TPSA) is 91.6 Å². The first-order chi connectivity index (χ1) is 18.6. The summed E-state index contributed by atoms with van der Waals surface area (Å²) in [6, 6.07) is 6.27. The van der Waals surface area contributed by atoms with Crippen LogP contribution in [0.5, 0.6) is 0 Å². The smallest absolute Gasteiger partial charge is 0.391 e. The van der Waals surface area contributed by atoms with Crippen molar-refractivity contribution in [1.29, 1.82) is 0 Å². The zero-order valence-electron chi connectivity index (χ0n) is 21.2. The van der Waals surface area contributed by atoms with E-state index in [9.17, 15) is 27.9 Å². The Balaban J connectivity index is 1.52. The van der Waals surface area contributed by atoms with Gasteiger partial charge in [-0.25, -0.2) is 4.39 Å². The van der Waals surface area contributed by atoms with E-state index < -0.39 is 64.7 Å². The van der Waals surface area contributed by atoms with Gasteiger partial charge in [0.1, 0.15) is 6.33 Å². The van der Waals surface area contributed by atoms with E-state index in [-0.39, 0.29) is 36.3 Å². The predicted octanol–water partition coefficient (Wildman–Crippen LogP) is 4.18. The number of carbonyl (C=O) groups is 2. The molecule has 0 unspecified atom stereocenters. The number of hydrogen-bond donors (Lipinski definition) is 1. The van der Waals surface area contributed by atoms with Gasteiger partial charge in [-0.15, -0.1) is 10.2 Å². The van der Waals surface area contributed by atoms with Crippen LogP contribution in [0, 0.1) is 0 Å². The Morgan fingerprint density at radius 2 is 1.82 bits per heavy atom. The van der Waals surface area contributed by atoms with Crippen molar-refractivity contribution in [3.8, 4) is 0 Å². The summed E-state index contributed by atoms with van der Waals surface area (Å²) in [5.74, 6) is -6.77. The number of aryl methyl sites for hydroxylation is 1. The van der Waals surface area contributed by atoms with Crippen LogP contribution < -0.4 is 4.90 Å². The average molecular weight is 567 g/mol. The summed E-state index contributed by atoms with van der Waals surface area (Å²) in [6.07, 6.45) is -4.46. The summed E-state index contributed by atoms with van der Waals surface area (Å²) in [5, 5.41) is 16.4. The maximum absolute atomic E-state index is 15.8. The van der Waals surface area contributed by atoms with Gasteiger partial charge in [-0.2, -0.15) is 22.0 Å². The number of hydrogen-bond acceptors (Lipinski definition) is 5. The van der Waals surface area contributed by atoms with E-state index in [1.165, 1.54) is 24.1 Å². The molecule has 212 valence electrons. The van der Waals surface area contributed by atoms with Gasteiger partial charge in [0.15, 0.2) is 0 Å². The third-order valence-electron chi connectivity index (χ3n) is 7.33. The maximum Gasteiger partial charge on any atom is 0.416 e. The molecule has 1 N–H and O–H groups in total. The standard InChI is InChI=1S/C26H23F6N5O3/c1-24(27,25(28,29)23-34-33-13-35(23)2)15-4-3-5-16(10-15)37-12-19-18(22(37)40)8-14(9-20(19)26(30,31)32)21(39)36-7-6-17(38)11-36/h3-5,8-10,13,17,38H,6-7,11-12H2,1-2H3/t17-,24+/m0/s1. The van der Waals surface area contributed by atoms with Crippen molar-refractivity contribution in [2.24, 2.45) is 7.05 Å². The van der Waals surface area contributed by atoms with Crippen LogP contribution in [0.25, 0.3) is 0 Å². The second-order valence-corrected chi connectivity index (χ2v) is 10.0. The molecular formula is C26H23F6N5O3. The zero-order valence-corrected chi connectivity index (χ0v) is 21.2. The van der Waals surface area contributed by atoms with E-state index in [1.54, 1.807) is 0 Å². The largest absolute Gasteiger partial charge is 0.416 e. The van der Waals surface area contributed by atoms with Gasteiger partial charge in [0.05, 0.1) is 18.2 Å². The number of alkyl halides is 6. The molecule has 2 aliphatic rings. The van der Waals surface area contributed by atoms with Gasteiger partial charge in [-0.3, -0.25) is 9.59 Å². The van der Waals surface area contributed by atoms with Gasteiger partial charge < -0.3 is 19.5 Å². The summed E-state index contributed by atoms with van der Waals surface area (Å²) < 4.78 is 89.2. The molecule has 3 heterocycles. The van der Waals surface area contributed by atoms with Crippen LogP contribution in [0.15, 0.2) is 42.7 Å². The molecule has 0 radical (unpaired) electrons. The van der Waals surface area contributed by atoms with Crippen molar-refractivity contribution in [2.45, 2.75) is 43.8 Å². The van der Waals surface area contributed by atoms with Gasteiger partial charge in [-0.1, -0.05) is 12.1 Å². The molecule has 2 aliphatic heterocycles.